The van der Waals surface area contributed by atoms with E-state index in [9.17, 15) is 4.79 Å². The van der Waals surface area contributed by atoms with Crippen LogP contribution in [0.2, 0.25) is 10.0 Å². The van der Waals surface area contributed by atoms with Crippen molar-refractivity contribution in [3.63, 3.8) is 0 Å². The van der Waals surface area contributed by atoms with E-state index in [0.29, 0.717) is 21.3 Å². The summed E-state index contributed by atoms with van der Waals surface area (Å²) in [6.07, 6.45) is 4.47. The van der Waals surface area contributed by atoms with Crippen molar-refractivity contribution in [1.82, 2.24) is 9.97 Å². The number of nitrogens with zero attached hydrogens (tertiary/aromatic N) is 2. The molecule has 0 aliphatic heterocycles. The maximum atomic E-state index is 11.8. The van der Waals surface area contributed by atoms with Gasteiger partial charge in [-0.15, -0.1) is 0 Å². The van der Waals surface area contributed by atoms with Crippen LogP contribution in [0.3, 0.4) is 0 Å². The van der Waals surface area contributed by atoms with Gasteiger partial charge in [-0.3, -0.25) is 4.98 Å². The molecule has 0 N–H and O–H groups in total. The van der Waals surface area contributed by atoms with E-state index in [1.54, 1.807) is 30.5 Å². The second-order valence-electron chi connectivity index (χ2n) is 4.96. The topological polar surface area (TPSA) is 52.1 Å². The highest BCUT2D eigenvalue weighted by atomic mass is 35.5. The molecule has 0 aliphatic rings. The van der Waals surface area contributed by atoms with Crippen LogP contribution >= 0.6 is 23.2 Å². The predicted molar refractivity (Wildman–Crippen MR) is 94.8 cm³/mol. The standard InChI is InChI=1S/C18H12Cl2N2O2/c19-13-6-5-12(15(20)9-13)11-24-18(23)8-7-14-10-21-16-3-1-2-4-17(16)22-14/h1-10H,11H2/b8-7+. The van der Waals surface area contributed by atoms with Crippen LogP contribution in [0.15, 0.2) is 54.7 Å². The normalized spacial score (nSPS) is 11.1. The van der Waals surface area contributed by atoms with Gasteiger partial charge in [0.05, 0.1) is 22.9 Å². The number of fused-ring (bicyclic) bond motifs is 1. The zero-order chi connectivity index (χ0) is 16.9. The van der Waals surface area contributed by atoms with Crippen molar-refractivity contribution in [2.24, 2.45) is 0 Å². The molecule has 0 radical (unpaired) electrons. The molecule has 2 aromatic carbocycles. The molecule has 0 bridgehead atoms. The lowest BCUT2D eigenvalue weighted by Gasteiger charge is -2.05. The summed E-state index contributed by atoms with van der Waals surface area (Å²) in [7, 11) is 0. The van der Waals surface area contributed by atoms with Gasteiger partial charge in [0.2, 0.25) is 0 Å². The summed E-state index contributed by atoms with van der Waals surface area (Å²) in [5.74, 6) is -0.490. The summed E-state index contributed by atoms with van der Waals surface area (Å²) in [4.78, 5) is 20.5. The minimum atomic E-state index is -0.490. The highest BCUT2D eigenvalue weighted by molar-refractivity contribution is 6.35. The molecule has 1 aromatic heterocycles. The first-order valence-electron chi connectivity index (χ1n) is 7.12. The third kappa shape index (κ3) is 4.10. The second kappa shape index (κ2) is 7.43. The van der Waals surface area contributed by atoms with Gasteiger partial charge in [0.25, 0.3) is 0 Å². The Balaban J connectivity index is 1.63. The Hall–Kier alpha value is -2.43. The average Bonchev–Trinajstić information content (AvgIpc) is 2.59. The molecule has 0 aliphatic carbocycles. The third-order valence-corrected chi connectivity index (χ3v) is 3.83. The highest BCUT2D eigenvalue weighted by Crippen LogP contribution is 2.21. The van der Waals surface area contributed by atoms with Crippen LogP contribution in [0, 0.1) is 0 Å². The molecule has 120 valence electrons. The van der Waals surface area contributed by atoms with Crippen LogP contribution in [0.4, 0.5) is 0 Å². The van der Waals surface area contributed by atoms with E-state index in [4.69, 9.17) is 27.9 Å². The van der Waals surface area contributed by atoms with Crippen molar-refractivity contribution < 1.29 is 9.53 Å². The molecular weight excluding hydrogens is 347 g/mol. The fraction of sp³-hybridized carbons (Fsp3) is 0.0556. The molecule has 24 heavy (non-hydrogen) atoms. The Bertz CT molecular complexity index is 926. The van der Waals surface area contributed by atoms with Gasteiger partial charge in [-0.25, -0.2) is 9.78 Å². The Labute approximate surface area is 148 Å². The minimum absolute atomic E-state index is 0.0720. The van der Waals surface area contributed by atoms with Gasteiger partial charge in [-0.05, 0) is 30.3 Å². The first-order valence-corrected chi connectivity index (χ1v) is 7.88. The Kier molecular flexibility index (Phi) is 5.08. The monoisotopic (exact) mass is 358 g/mol. The van der Waals surface area contributed by atoms with Gasteiger partial charge in [-0.1, -0.05) is 41.4 Å². The number of para-hydroxylation sites is 2. The van der Waals surface area contributed by atoms with Gasteiger partial charge >= 0.3 is 5.97 Å². The van der Waals surface area contributed by atoms with Crippen LogP contribution in [0.5, 0.6) is 0 Å². The van der Waals surface area contributed by atoms with E-state index in [1.165, 1.54) is 6.08 Å². The summed E-state index contributed by atoms with van der Waals surface area (Å²) in [6.45, 7) is 0.0720. The summed E-state index contributed by atoms with van der Waals surface area (Å²) in [5.41, 5.74) is 2.83. The zero-order valence-corrected chi connectivity index (χ0v) is 14.0. The maximum absolute atomic E-state index is 11.8. The van der Waals surface area contributed by atoms with E-state index >= 15 is 0 Å². The lowest BCUT2D eigenvalue weighted by Crippen LogP contribution is -2.01. The van der Waals surface area contributed by atoms with Crippen molar-refractivity contribution in [2.45, 2.75) is 6.61 Å². The largest absolute Gasteiger partial charge is 0.458 e. The number of rotatable bonds is 4. The summed E-state index contributed by atoms with van der Waals surface area (Å²) < 4.78 is 5.16. The minimum Gasteiger partial charge on any atom is -0.458 e. The number of carbonyl (C=O) groups is 1. The number of hydrogen-bond donors (Lipinski definition) is 0. The lowest BCUT2D eigenvalue weighted by molar-refractivity contribution is -0.138. The quantitative estimate of drug-likeness (QED) is 0.501. The van der Waals surface area contributed by atoms with Gasteiger partial charge in [0.15, 0.2) is 0 Å². The fourth-order valence-corrected chi connectivity index (χ4v) is 2.50. The lowest BCUT2D eigenvalue weighted by atomic mass is 10.2. The van der Waals surface area contributed by atoms with Crippen LogP contribution in [0.1, 0.15) is 11.3 Å². The molecular formula is C18H12Cl2N2O2. The number of halogens is 2. The first-order chi connectivity index (χ1) is 11.6. The summed E-state index contributed by atoms with van der Waals surface area (Å²) in [5, 5.41) is 0.990. The average molecular weight is 359 g/mol. The van der Waals surface area contributed by atoms with Crippen molar-refractivity contribution in [3.05, 3.63) is 76.0 Å². The highest BCUT2D eigenvalue weighted by Gasteiger charge is 2.04. The van der Waals surface area contributed by atoms with Crippen molar-refractivity contribution >= 4 is 46.3 Å². The SMILES string of the molecule is O=C(/C=C/c1cnc2ccccc2n1)OCc1ccc(Cl)cc1Cl. The number of hydrogen-bond acceptors (Lipinski definition) is 4. The Morgan fingerprint density at radius 1 is 1.12 bits per heavy atom. The van der Waals surface area contributed by atoms with Gasteiger partial charge < -0.3 is 4.74 Å². The number of aromatic nitrogens is 2. The molecule has 0 atom stereocenters. The van der Waals surface area contributed by atoms with E-state index < -0.39 is 5.97 Å². The number of esters is 1. The Morgan fingerprint density at radius 3 is 2.71 bits per heavy atom. The maximum Gasteiger partial charge on any atom is 0.331 e. The molecule has 0 fully saturated rings. The number of benzene rings is 2. The van der Waals surface area contributed by atoms with E-state index in [2.05, 4.69) is 9.97 Å². The number of carbonyl (C=O) groups excluding carboxylic acids is 1. The van der Waals surface area contributed by atoms with E-state index in [0.717, 1.165) is 11.0 Å². The molecule has 6 heteroatoms. The zero-order valence-electron chi connectivity index (χ0n) is 12.4. The fourth-order valence-electron chi connectivity index (χ4n) is 2.04. The summed E-state index contributed by atoms with van der Waals surface area (Å²) >= 11 is 11.9. The van der Waals surface area contributed by atoms with Gasteiger partial charge in [0, 0.05) is 21.7 Å². The first kappa shape index (κ1) is 16.4. The van der Waals surface area contributed by atoms with Gasteiger partial charge in [0.1, 0.15) is 6.61 Å². The van der Waals surface area contributed by atoms with E-state index in [-0.39, 0.29) is 6.61 Å². The molecule has 3 rings (SSSR count). The van der Waals surface area contributed by atoms with Crippen LogP contribution in [0.25, 0.3) is 17.1 Å². The van der Waals surface area contributed by atoms with Crippen LogP contribution < -0.4 is 0 Å². The smallest absolute Gasteiger partial charge is 0.331 e. The predicted octanol–water partition coefficient (Wildman–Crippen LogP) is 4.69. The molecule has 4 nitrogen and oxygen atoms in total. The van der Waals surface area contributed by atoms with Crippen LogP contribution in [-0.2, 0) is 16.1 Å². The molecule has 0 spiro atoms. The molecule has 1 heterocycles. The second-order valence-corrected chi connectivity index (χ2v) is 5.80. The van der Waals surface area contributed by atoms with Crippen molar-refractivity contribution in [1.29, 1.82) is 0 Å². The molecule has 0 saturated heterocycles. The summed E-state index contributed by atoms with van der Waals surface area (Å²) in [6, 6.07) is 12.5. The van der Waals surface area contributed by atoms with Crippen molar-refractivity contribution in [3.8, 4) is 0 Å². The molecule has 0 unspecified atom stereocenters. The van der Waals surface area contributed by atoms with E-state index in [1.807, 2.05) is 24.3 Å². The number of ether oxygens (including phenoxy) is 1. The van der Waals surface area contributed by atoms with Crippen molar-refractivity contribution in [2.75, 3.05) is 0 Å². The Morgan fingerprint density at radius 2 is 1.92 bits per heavy atom. The molecule has 3 aromatic rings. The van der Waals surface area contributed by atoms with Gasteiger partial charge in [-0.2, -0.15) is 0 Å². The van der Waals surface area contributed by atoms with Crippen LogP contribution in [-0.4, -0.2) is 15.9 Å². The molecule has 0 amide bonds. The third-order valence-electron chi connectivity index (χ3n) is 3.24. The molecule has 0 saturated carbocycles.